The molecule has 8 nitrogen and oxygen atoms in total. The lowest BCUT2D eigenvalue weighted by Crippen LogP contribution is -2.22. The number of amides is 2. The van der Waals surface area contributed by atoms with Crippen LogP contribution < -0.4 is 15.4 Å². The number of ether oxygens (including phenoxy) is 1. The van der Waals surface area contributed by atoms with Gasteiger partial charge in [0.15, 0.2) is 12.2 Å². The van der Waals surface area contributed by atoms with Crippen LogP contribution in [0.15, 0.2) is 59.5 Å². The maximum atomic E-state index is 12.6. The number of aromatic nitrogens is 1. The third-order valence-electron chi connectivity index (χ3n) is 3.85. The van der Waals surface area contributed by atoms with Gasteiger partial charge in [-0.15, -0.1) is 0 Å². The van der Waals surface area contributed by atoms with Crippen LogP contribution in [-0.4, -0.2) is 29.2 Å². The molecular weight excluding hydrogens is 350 g/mol. The molecule has 8 heteroatoms. The number of benzene rings is 2. The second-order valence-corrected chi connectivity index (χ2v) is 5.55. The third kappa shape index (κ3) is 4.24. The molecule has 0 spiro atoms. The van der Waals surface area contributed by atoms with E-state index in [2.05, 4.69) is 15.6 Å². The van der Waals surface area contributed by atoms with Gasteiger partial charge >= 0.3 is 6.09 Å². The normalized spacial score (nSPS) is 10.3. The molecule has 1 heterocycles. The van der Waals surface area contributed by atoms with Crippen molar-refractivity contribution in [2.45, 2.75) is 6.54 Å². The zero-order valence-corrected chi connectivity index (χ0v) is 14.4. The summed E-state index contributed by atoms with van der Waals surface area (Å²) in [5.41, 5.74) is 2.19. The number of nitrogens with zero attached hydrogens (tertiary/aromatic N) is 1. The SMILES string of the molecule is COc1cc(NC(=O)c2ccccc2CNC(=O)O)ccc1-c1cnco1. The van der Waals surface area contributed by atoms with E-state index < -0.39 is 6.09 Å². The predicted octanol–water partition coefficient (Wildman–Crippen LogP) is 3.37. The molecule has 0 radical (unpaired) electrons. The summed E-state index contributed by atoms with van der Waals surface area (Å²) in [7, 11) is 1.52. The van der Waals surface area contributed by atoms with E-state index >= 15 is 0 Å². The molecule has 0 atom stereocenters. The van der Waals surface area contributed by atoms with E-state index in [1.54, 1.807) is 48.7 Å². The van der Waals surface area contributed by atoms with Crippen molar-refractivity contribution in [2.24, 2.45) is 0 Å². The van der Waals surface area contributed by atoms with Gasteiger partial charge in [-0.25, -0.2) is 9.78 Å². The topological polar surface area (TPSA) is 114 Å². The number of carboxylic acid groups (broad SMARTS) is 1. The summed E-state index contributed by atoms with van der Waals surface area (Å²) >= 11 is 0. The molecule has 27 heavy (non-hydrogen) atoms. The Hall–Kier alpha value is -3.81. The van der Waals surface area contributed by atoms with Gasteiger partial charge in [-0.3, -0.25) is 4.79 Å². The molecule has 0 saturated heterocycles. The van der Waals surface area contributed by atoms with Crippen LogP contribution in [0, 0.1) is 0 Å². The molecule has 0 aliphatic heterocycles. The lowest BCUT2D eigenvalue weighted by molar-refractivity contribution is 0.102. The summed E-state index contributed by atoms with van der Waals surface area (Å²) in [5.74, 6) is 0.715. The van der Waals surface area contributed by atoms with Gasteiger partial charge in [0, 0.05) is 23.9 Å². The van der Waals surface area contributed by atoms with Gasteiger partial charge in [0.25, 0.3) is 5.91 Å². The molecule has 0 saturated carbocycles. The number of nitrogens with one attached hydrogen (secondary N) is 2. The molecule has 2 amide bonds. The molecule has 0 aliphatic rings. The molecule has 3 N–H and O–H groups in total. The van der Waals surface area contributed by atoms with E-state index in [1.807, 2.05) is 0 Å². The zero-order valence-electron chi connectivity index (χ0n) is 14.4. The summed E-state index contributed by atoms with van der Waals surface area (Å²) in [6.45, 7) is 0.0344. The van der Waals surface area contributed by atoms with E-state index in [0.29, 0.717) is 33.9 Å². The Bertz CT molecular complexity index is 954. The Morgan fingerprint density at radius 3 is 2.74 bits per heavy atom. The molecule has 3 aromatic rings. The van der Waals surface area contributed by atoms with Crippen LogP contribution in [-0.2, 0) is 6.54 Å². The average molecular weight is 367 g/mol. The fraction of sp³-hybridized carbons (Fsp3) is 0.105. The second kappa shape index (κ2) is 8.05. The van der Waals surface area contributed by atoms with Crippen LogP contribution in [0.25, 0.3) is 11.3 Å². The van der Waals surface area contributed by atoms with Crippen molar-refractivity contribution >= 4 is 17.7 Å². The Morgan fingerprint density at radius 1 is 1.22 bits per heavy atom. The minimum Gasteiger partial charge on any atom is -0.496 e. The molecule has 138 valence electrons. The Morgan fingerprint density at radius 2 is 2.04 bits per heavy atom. The monoisotopic (exact) mass is 367 g/mol. The summed E-state index contributed by atoms with van der Waals surface area (Å²) in [4.78, 5) is 27.2. The van der Waals surface area contributed by atoms with Crippen molar-refractivity contribution in [3.63, 3.8) is 0 Å². The van der Waals surface area contributed by atoms with Crippen LogP contribution >= 0.6 is 0 Å². The zero-order chi connectivity index (χ0) is 19.2. The minimum atomic E-state index is -1.15. The Kier molecular flexibility index (Phi) is 5.36. The first kappa shape index (κ1) is 18.0. The number of rotatable bonds is 6. The molecule has 0 fully saturated rings. The van der Waals surface area contributed by atoms with Crippen molar-refractivity contribution in [2.75, 3.05) is 12.4 Å². The van der Waals surface area contributed by atoms with Crippen molar-refractivity contribution in [3.8, 4) is 17.1 Å². The lowest BCUT2D eigenvalue weighted by Gasteiger charge is -2.12. The number of anilines is 1. The highest BCUT2D eigenvalue weighted by atomic mass is 16.5. The van der Waals surface area contributed by atoms with Crippen LogP contribution in [0.1, 0.15) is 15.9 Å². The molecule has 0 unspecified atom stereocenters. The summed E-state index contributed by atoms with van der Waals surface area (Å²) < 4.78 is 10.7. The van der Waals surface area contributed by atoms with Crippen molar-refractivity contribution in [1.82, 2.24) is 10.3 Å². The fourth-order valence-electron chi connectivity index (χ4n) is 2.59. The van der Waals surface area contributed by atoms with Gasteiger partial charge in [-0.1, -0.05) is 18.2 Å². The van der Waals surface area contributed by atoms with Crippen LogP contribution in [0.2, 0.25) is 0 Å². The van der Waals surface area contributed by atoms with Gasteiger partial charge in [0.2, 0.25) is 0 Å². The van der Waals surface area contributed by atoms with E-state index in [1.165, 1.54) is 13.5 Å². The number of hydrogen-bond donors (Lipinski definition) is 3. The maximum absolute atomic E-state index is 12.6. The first-order valence-electron chi connectivity index (χ1n) is 8.01. The van der Waals surface area contributed by atoms with Gasteiger partial charge < -0.3 is 24.9 Å². The number of oxazole rings is 1. The largest absolute Gasteiger partial charge is 0.496 e. The minimum absolute atomic E-state index is 0.0344. The highest BCUT2D eigenvalue weighted by Crippen LogP contribution is 2.32. The molecule has 0 aliphatic carbocycles. The lowest BCUT2D eigenvalue weighted by atomic mass is 10.1. The Balaban J connectivity index is 1.81. The molecule has 2 aromatic carbocycles. The van der Waals surface area contributed by atoms with Crippen molar-refractivity contribution in [1.29, 1.82) is 0 Å². The van der Waals surface area contributed by atoms with Crippen LogP contribution in [0.4, 0.5) is 10.5 Å². The molecule has 1 aromatic heterocycles. The number of carbonyl (C=O) groups excluding carboxylic acids is 1. The second-order valence-electron chi connectivity index (χ2n) is 5.55. The maximum Gasteiger partial charge on any atom is 0.404 e. The molecular formula is C19H17N3O5. The summed E-state index contributed by atoms with van der Waals surface area (Å²) in [6.07, 6.45) is 1.74. The van der Waals surface area contributed by atoms with Crippen molar-refractivity contribution < 1.29 is 23.8 Å². The standard InChI is InChI=1S/C19H17N3O5/c1-26-16-8-13(6-7-15(16)17-10-20-11-27-17)22-18(23)14-5-3-2-4-12(14)9-21-19(24)25/h2-8,10-11,21H,9H2,1H3,(H,22,23)(H,24,25). The highest BCUT2D eigenvalue weighted by Gasteiger charge is 2.14. The van der Waals surface area contributed by atoms with E-state index in [0.717, 1.165) is 0 Å². The van der Waals surface area contributed by atoms with E-state index in [4.69, 9.17) is 14.3 Å². The number of methoxy groups -OCH3 is 1. The molecule has 3 rings (SSSR count). The average Bonchev–Trinajstić information content (AvgIpc) is 3.21. The quantitative estimate of drug-likeness (QED) is 0.615. The highest BCUT2D eigenvalue weighted by molar-refractivity contribution is 6.05. The van der Waals surface area contributed by atoms with Gasteiger partial charge in [-0.2, -0.15) is 0 Å². The predicted molar refractivity (Wildman–Crippen MR) is 97.8 cm³/mol. The van der Waals surface area contributed by atoms with E-state index in [-0.39, 0.29) is 12.5 Å². The van der Waals surface area contributed by atoms with Crippen LogP contribution in [0.5, 0.6) is 5.75 Å². The van der Waals surface area contributed by atoms with Gasteiger partial charge in [0.1, 0.15) is 5.75 Å². The number of carbonyl (C=O) groups is 2. The third-order valence-corrected chi connectivity index (χ3v) is 3.85. The van der Waals surface area contributed by atoms with Crippen molar-refractivity contribution in [3.05, 3.63) is 66.2 Å². The number of hydrogen-bond acceptors (Lipinski definition) is 5. The fourth-order valence-corrected chi connectivity index (χ4v) is 2.59. The Labute approximate surface area is 154 Å². The van der Waals surface area contributed by atoms with Gasteiger partial charge in [0.05, 0.1) is 18.9 Å². The first-order chi connectivity index (χ1) is 13.1. The molecule has 0 bridgehead atoms. The van der Waals surface area contributed by atoms with E-state index in [9.17, 15) is 9.59 Å². The summed E-state index contributed by atoms with van der Waals surface area (Å²) in [5, 5.41) is 13.8. The summed E-state index contributed by atoms with van der Waals surface area (Å²) in [6, 6.07) is 11.9. The smallest absolute Gasteiger partial charge is 0.404 e. The van der Waals surface area contributed by atoms with Crippen LogP contribution in [0.3, 0.4) is 0 Å². The first-order valence-corrected chi connectivity index (χ1v) is 8.01. The van der Waals surface area contributed by atoms with Gasteiger partial charge in [-0.05, 0) is 23.8 Å².